The quantitative estimate of drug-likeness (QED) is 0.189. The van der Waals surface area contributed by atoms with Crippen LogP contribution in [-0.4, -0.2) is 29.7 Å². The van der Waals surface area contributed by atoms with E-state index >= 15 is 0 Å². The Morgan fingerprint density at radius 1 is 0.649 bits per heavy atom. The minimum atomic E-state index is -6.09. The smallest absolute Gasteiger partial charge is 0.485 e. The lowest BCUT2D eigenvalue weighted by Crippen LogP contribution is -2.23. The van der Waals surface area contributed by atoms with Gasteiger partial charge in [0.1, 0.15) is 22.7 Å². The minimum Gasteiger partial charge on any atom is -0.741 e. The summed E-state index contributed by atoms with van der Waals surface area (Å²) in [6.45, 7) is 12.4. The van der Waals surface area contributed by atoms with E-state index < -0.39 is 15.6 Å². The lowest BCUT2D eigenvalue weighted by Gasteiger charge is -2.22. The maximum Gasteiger partial charge on any atom is 0.485 e. The predicted octanol–water partition coefficient (Wildman–Crippen LogP) is 7.19. The molecule has 37 heavy (non-hydrogen) atoms. The molecule has 0 saturated carbocycles. The molecule has 0 fully saturated rings. The average Bonchev–Trinajstić information content (AvgIpc) is 2.72. The van der Waals surface area contributed by atoms with Gasteiger partial charge in [0, 0.05) is 12.1 Å². The van der Waals surface area contributed by atoms with Gasteiger partial charge in [-0.3, -0.25) is 0 Å². The van der Waals surface area contributed by atoms with Crippen LogP contribution >= 0.6 is 0 Å². The van der Waals surface area contributed by atoms with E-state index in [0.29, 0.717) is 0 Å². The highest BCUT2D eigenvalue weighted by molar-refractivity contribution is 7.97. The summed E-state index contributed by atoms with van der Waals surface area (Å²) in [5, 5.41) is 0. The third-order valence-electron chi connectivity index (χ3n) is 4.19. The Hall–Kier alpha value is -2.69. The monoisotopic (exact) mass is 556 g/mol. The summed E-state index contributed by atoms with van der Waals surface area (Å²) >= 11 is 0. The molecule has 0 atom stereocenters. The molecular weight excluding hydrogens is 525 g/mol. The van der Waals surface area contributed by atoms with Gasteiger partial charge in [-0.1, -0.05) is 30.3 Å². The standard InChI is InChI=1S/C26H31O2S.CHF3O3S/c1-25(2,3)27-20-12-10-16-23(18-20)29(22-14-8-7-9-15-22)24-17-11-13-21(19-24)28-26(4,5)6;2-1(3,4)8(5,6)7/h7-19H,1-6H3;(H,5,6,7)/q+1;/p-1. The first-order valence-corrected chi connectivity index (χ1v) is 13.9. The van der Waals surface area contributed by atoms with E-state index in [1.165, 1.54) is 14.7 Å². The van der Waals surface area contributed by atoms with Crippen LogP contribution in [0.15, 0.2) is 93.5 Å². The van der Waals surface area contributed by atoms with Gasteiger partial charge in [-0.15, -0.1) is 0 Å². The Bertz CT molecular complexity index is 1200. The molecule has 5 nitrogen and oxygen atoms in total. The van der Waals surface area contributed by atoms with Crippen LogP contribution in [0.4, 0.5) is 13.2 Å². The van der Waals surface area contributed by atoms with Crippen LogP contribution in [0.5, 0.6) is 11.5 Å². The Balaban J connectivity index is 0.000000521. The van der Waals surface area contributed by atoms with Gasteiger partial charge < -0.3 is 14.0 Å². The van der Waals surface area contributed by atoms with Crippen molar-refractivity contribution in [3.05, 3.63) is 78.9 Å². The van der Waals surface area contributed by atoms with E-state index in [1.807, 2.05) is 12.1 Å². The molecule has 3 rings (SSSR count). The Morgan fingerprint density at radius 3 is 1.32 bits per heavy atom. The first-order chi connectivity index (χ1) is 16.9. The van der Waals surface area contributed by atoms with Gasteiger partial charge in [0.15, 0.2) is 24.8 Å². The molecule has 0 aliphatic carbocycles. The van der Waals surface area contributed by atoms with Crippen LogP contribution in [0, 0.1) is 0 Å². The van der Waals surface area contributed by atoms with E-state index in [2.05, 4.69) is 108 Å². The molecule has 0 saturated heterocycles. The molecule has 3 aromatic carbocycles. The molecule has 0 bridgehead atoms. The number of benzene rings is 3. The van der Waals surface area contributed by atoms with Crippen molar-refractivity contribution in [2.24, 2.45) is 0 Å². The molecule has 0 radical (unpaired) electrons. The van der Waals surface area contributed by atoms with Crippen LogP contribution in [0.2, 0.25) is 0 Å². The molecule has 0 N–H and O–H groups in total. The number of hydrogen-bond donors (Lipinski definition) is 0. The summed E-state index contributed by atoms with van der Waals surface area (Å²) in [6, 6.07) is 27.5. The summed E-state index contributed by atoms with van der Waals surface area (Å²) in [6.07, 6.45) is 0. The zero-order valence-electron chi connectivity index (χ0n) is 21.5. The second kappa shape index (κ2) is 11.8. The molecule has 0 amide bonds. The molecule has 202 valence electrons. The van der Waals surface area contributed by atoms with Crippen molar-refractivity contribution in [1.29, 1.82) is 0 Å². The number of halogens is 3. The second-order valence-corrected chi connectivity index (χ2v) is 13.3. The Morgan fingerprint density at radius 2 is 1.00 bits per heavy atom. The maximum absolute atomic E-state index is 10.7. The van der Waals surface area contributed by atoms with Crippen LogP contribution in [0.1, 0.15) is 41.5 Å². The second-order valence-electron chi connectivity index (χ2n) is 9.90. The zero-order chi connectivity index (χ0) is 28.1. The fraction of sp³-hybridized carbons (Fsp3) is 0.333. The molecular formula is C27H31F3O5S2. The van der Waals surface area contributed by atoms with Gasteiger partial charge in [0.2, 0.25) is 0 Å². The van der Waals surface area contributed by atoms with Crippen molar-refractivity contribution < 1.29 is 35.6 Å². The molecule has 10 heteroatoms. The van der Waals surface area contributed by atoms with E-state index in [-0.39, 0.29) is 22.1 Å². The maximum atomic E-state index is 10.7. The van der Waals surface area contributed by atoms with Gasteiger partial charge in [-0.25, -0.2) is 8.42 Å². The normalized spacial score (nSPS) is 12.5. The van der Waals surface area contributed by atoms with Crippen LogP contribution in [-0.2, 0) is 21.0 Å². The molecule has 0 heterocycles. The lowest BCUT2D eigenvalue weighted by molar-refractivity contribution is -0.0517. The predicted molar refractivity (Wildman–Crippen MR) is 138 cm³/mol. The summed E-state index contributed by atoms with van der Waals surface area (Å²) in [4.78, 5) is 3.73. The molecule has 0 aliphatic heterocycles. The van der Waals surface area contributed by atoms with E-state index in [4.69, 9.17) is 22.4 Å². The zero-order valence-corrected chi connectivity index (χ0v) is 23.1. The first-order valence-electron chi connectivity index (χ1n) is 11.3. The summed E-state index contributed by atoms with van der Waals surface area (Å²) < 4.78 is 71.2. The Kier molecular flexibility index (Phi) is 9.73. The molecule has 3 aromatic rings. The van der Waals surface area contributed by atoms with Crippen molar-refractivity contribution in [1.82, 2.24) is 0 Å². The van der Waals surface area contributed by atoms with Crippen molar-refractivity contribution in [3.8, 4) is 11.5 Å². The molecule has 0 unspecified atom stereocenters. The molecule has 0 aliphatic rings. The van der Waals surface area contributed by atoms with Crippen LogP contribution in [0.3, 0.4) is 0 Å². The van der Waals surface area contributed by atoms with Crippen molar-refractivity contribution in [2.75, 3.05) is 0 Å². The fourth-order valence-corrected chi connectivity index (χ4v) is 5.14. The van der Waals surface area contributed by atoms with Crippen molar-refractivity contribution in [2.45, 2.75) is 72.9 Å². The van der Waals surface area contributed by atoms with Gasteiger partial charge in [0.25, 0.3) is 0 Å². The van der Waals surface area contributed by atoms with Gasteiger partial charge in [-0.2, -0.15) is 13.2 Å². The highest BCUT2D eigenvalue weighted by atomic mass is 32.2. The van der Waals surface area contributed by atoms with E-state index in [0.717, 1.165) is 11.5 Å². The third kappa shape index (κ3) is 10.3. The van der Waals surface area contributed by atoms with Crippen molar-refractivity contribution in [3.63, 3.8) is 0 Å². The highest BCUT2D eigenvalue weighted by Gasteiger charge is 2.37. The highest BCUT2D eigenvalue weighted by Crippen LogP contribution is 2.35. The minimum absolute atomic E-state index is 0.232. The van der Waals surface area contributed by atoms with Crippen LogP contribution in [0.25, 0.3) is 0 Å². The van der Waals surface area contributed by atoms with Crippen molar-refractivity contribution >= 4 is 21.0 Å². The Labute approximate surface area is 219 Å². The van der Waals surface area contributed by atoms with Gasteiger partial charge in [-0.05, 0) is 77.9 Å². The number of hydrogen-bond acceptors (Lipinski definition) is 5. The fourth-order valence-electron chi connectivity index (χ4n) is 3.00. The first kappa shape index (κ1) is 30.5. The molecule has 0 aromatic heterocycles. The summed E-state index contributed by atoms with van der Waals surface area (Å²) in [5.74, 6) is 1.79. The number of rotatable bonds is 5. The average molecular weight is 557 g/mol. The SMILES string of the molecule is CC(C)(C)Oc1cccc([S+](c2ccccc2)c2cccc(OC(C)(C)C)c2)c1.O=S(=O)([O-])C(F)(F)F. The summed E-state index contributed by atoms with van der Waals surface area (Å²) in [5.41, 5.74) is -6.11. The topological polar surface area (TPSA) is 75.7 Å². The van der Waals surface area contributed by atoms with Gasteiger partial charge >= 0.3 is 5.51 Å². The lowest BCUT2D eigenvalue weighted by atomic mass is 10.2. The third-order valence-corrected chi connectivity index (χ3v) is 6.95. The van der Waals surface area contributed by atoms with Crippen LogP contribution < -0.4 is 9.47 Å². The van der Waals surface area contributed by atoms with E-state index in [9.17, 15) is 13.2 Å². The van der Waals surface area contributed by atoms with Gasteiger partial charge in [0.05, 0.1) is 10.9 Å². The largest absolute Gasteiger partial charge is 0.741 e. The molecule has 0 spiro atoms. The van der Waals surface area contributed by atoms with E-state index in [1.54, 1.807) is 0 Å². The number of alkyl halides is 3. The summed E-state index contributed by atoms with van der Waals surface area (Å²) in [7, 11) is -6.34. The number of ether oxygens (including phenoxy) is 2.